The van der Waals surface area contributed by atoms with Gasteiger partial charge >= 0.3 is 0 Å². The van der Waals surface area contributed by atoms with Crippen LogP contribution in [-0.2, 0) is 20.9 Å². The summed E-state index contributed by atoms with van der Waals surface area (Å²) in [6, 6.07) is 24.1. The Labute approximate surface area is 267 Å². The van der Waals surface area contributed by atoms with Gasteiger partial charge in [0.05, 0.1) is 22.5 Å². The number of halogens is 2. The van der Waals surface area contributed by atoms with Gasteiger partial charge in [0.25, 0.3) is 23.6 Å². The molecule has 2 unspecified atom stereocenters. The average molecular weight is 639 g/mol. The molecule has 4 aliphatic rings. The molecule has 2 spiro atoms. The van der Waals surface area contributed by atoms with Crippen molar-refractivity contribution in [3.05, 3.63) is 117 Å². The predicted octanol–water partition coefficient (Wildman–Crippen LogP) is 5.43. The first kappa shape index (κ1) is 27.5. The lowest BCUT2D eigenvalue weighted by molar-refractivity contribution is -0.125. The molecule has 224 valence electrons. The third kappa shape index (κ3) is 3.76. The Hall–Kier alpha value is -5.06. The Bertz CT molecular complexity index is 1860. The highest BCUT2D eigenvalue weighted by molar-refractivity contribution is 6.31. The molecule has 0 aliphatic carbocycles. The Morgan fingerprint density at radius 3 is 1.42 bits per heavy atom. The van der Waals surface area contributed by atoms with Crippen LogP contribution in [0.15, 0.2) is 84.9 Å². The van der Waals surface area contributed by atoms with Gasteiger partial charge in [0.2, 0.25) is 11.3 Å². The molecule has 0 fully saturated rings. The number of nitrogens with one attached hydrogen (secondary N) is 4. The quantitative estimate of drug-likeness (QED) is 0.236. The Balaban J connectivity index is 1.18. The van der Waals surface area contributed by atoms with Crippen molar-refractivity contribution in [3.63, 3.8) is 0 Å². The number of carbonyl (C=O) groups excluding carboxylic acids is 4. The van der Waals surface area contributed by atoms with Crippen molar-refractivity contribution in [2.75, 3.05) is 34.4 Å². The number of hydrogen-bond acceptors (Lipinski definition) is 6. The molecular formula is C33H24Cl2N6O4. The highest BCUT2D eigenvalue weighted by Crippen LogP contribution is 2.48. The van der Waals surface area contributed by atoms with E-state index in [2.05, 4.69) is 21.3 Å². The molecule has 0 saturated heterocycles. The van der Waals surface area contributed by atoms with E-state index in [0.29, 0.717) is 55.0 Å². The van der Waals surface area contributed by atoms with E-state index in [4.69, 9.17) is 23.2 Å². The van der Waals surface area contributed by atoms with Gasteiger partial charge in [-0.25, -0.2) is 0 Å². The molecule has 12 heteroatoms. The van der Waals surface area contributed by atoms with Crippen LogP contribution in [0, 0.1) is 0 Å². The normalized spacial score (nSPS) is 22.4. The fourth-order valence-electron chi connectivity index (χ4n) is 6.93. The van der Waals surface area contributed by atoms with Crippen molar-refractivity contribution < 1.29 is 19.2 Å². The molecule has 4 N–H and O–H groups in total. The molecule has 4 heterocycles. The summed E-state index contributed by atoms with van der Waals surface area (Å²) in [4.78, 5) is 58.9. The van der Waals surface area contributed by atoms with Crippen LogP contribution in [-0.4, -0.2) is 46.5 Å². The standard InChI is InChI=1S/C33H24Cl2N6O4/c34-18-10-12-20-26(16-18)38-32(22-6-1-3-8-24(22)36-30(32)44)40(28(20)42)14-5-15-41-29(43)21-13-11-19(35)17-27(21)39-33(41)23-7-2-4-9-25(23)37-31(33)45/h1-4,6-13,16-17,38-39H,5,14-15H2,(H,36,44)(H,37,45). The summed E-state index contributed by atoms with van der Waals surface area (Å²) in [5.41, 5.74) is 0.880. The monoisotopic (exact) mass is 638 g/mol. The van der Waals surface area contributed by atoms with Gasteiger partial charge < -0.3 is 31.1 Å². The van der Waals surface area contributed by atoms with Crippen LogP contribution in [0.2, 0.25) is 10.0 Å². The first-order chi connectivity index (χ1) is 21.7. The van der Waals surface area contributed by atoms with Gasteiger partial charge in [-0.3, -0.25) is 19.2 Å². The van der Waals surface area contributed by atoms with Crippen molar-refractivity contribution in [2.24, 2.45) is 0 Å². The maximum Gasteiger partial charge on any atom is 0.276 e. The number of rotatable bonds is 4. The van der Waals surface area contributed by atoms with Crippen molar-refractivity contribution in [1.82, 2.24) is 9.80 Å². The Kier molecular flexibility index (Phi) is 5.94. The smallest absolute Gasteiger partial charge is 0.276 e. The minimum Gasteiger partial charge on any atom is -0.350 e. The van der Waals surface area contributed by atoms with E-state index in [-0.39, 0.29) is 31.3 Å². The first-order valence-corrected chi connectivity index (χ1v) is 15.1. The number of hydrogen-bond donors (Lipinski definition) is 4. The van der Waals surface area contributed by atoms with E-state index in [1.165, 1.54) is 9.80 Å². The largest absolute Gasteiger partial charge is 0.350 e. The SMILES string of the molecule is O=C1c2ccc(Cl)cc2NC2(C(=O)Nc3ccccc32)N1CCCN1C(=O)c2ccc(Cl)cc2NC12C(=O)Nc1ccccc12. The van der Waals surface area contributed by atoms with Crippen LogP contribution < -0.4 is 21.3 Å². The molecule has 10 nitrogen and oxygen atoms in total. The molecule has 45 heavy (non-hydrogen) atoms. The summed E-state index contributed by atoms with van der Waals surface area (Å²) < 4.78 is 0. The van der Waals surface area contributed by atoms with E-state index in [1.54, 1.807) is 72.8 Å². The number of para-hydroxylation sites is 2. The lowest BCUT2D eigenvalue weighted by atomic mass is 9.91. The molecule has 0 aromatic heterocycles. The number of nitrogens with zero attached hydrogens (tertiary/aromatic N) is 2. The molecule has 4 aliphatic heterocycles. The zero-order chi connectivity index (χ0) is 31.1. The van der Waals surface area contributed by atoms with Crippen LogP contribution in [0.1, 0.15) is 38.3 Å². The van der Waals surface area contributed by atoms with Crippen LogP contribution in [0.5, 0.6) is 0 Å². The predicted molar refractivity (Wildman–Crippen MR) is 170 cm³/mol. The molecule has 4 aromatic carbocycles. The van der Waals surface area contributed by atoms with E-state index in [9.17, 15) is 19.2 Å². The van der Waals surface area contributed by atoms with E-state index < -0.39 is 23.1 Å². The van der Waals surface area contributed by atoms with Gasteiger partial charge in [0.1, 0.15) is 0 Å². The summed E-state index contributed by atoms with van der Waals surface area (Å²) in [6.07, 6.45) is 0.237. The van der Waals surface area contributed by atoms with Gasteiger partial charge in [0.15, 0.2) is 0 Å². The van der Waals surface area contributed by atoms with Gasteiger partial charge in [-0.15, -0.1) is 0 Å². The Morgan fingerprint density at radius 2 is 0.978 bits per heavy atom. The summed E-state index contributed by atoms with van der Waals surface area (Å²) in [5.74, 6) is -1.56. The van der Waals surface area contributed by atoms with Crippen LogP contribution in [0.4, 0.5) is 22.7 Å². The Morgan fingerprint density at radius 1 is 0.556 bits per heavy atom. The van der Waals surface area contributed by atoms with Crippen LogP contribution in [0.25, 0.3) is 0 Å². The third-order valence-corrected chi connectivity index (χ3v) is 9.38. The highest BCUT2D eigenvalue weighted by Gasteiger charge is 2.58. The minimum atomic E-state index is -1.55. The molecule has 0 saturated carbocycles. The summed E-state index contributed by atoms with van der Waals surface area (Å²) in [5, 5.41) is 13.3. The van der Waals surface area contributed by atoms with E-state index in [0.717, 1.165) is 0 Å². The van der Waals surface area contributed by atoms with Crippen LogP contribution in [0.3, 0.4) is 0 Å². The molecule has 4 amide bonds. The topological polar surface area (TPSA) is 123 Å². The highest BCUT2D eigenvalue weighted by atomic mass is 35.5. The van der Waals surface area contributed by atoms with Crippen molar-refractivity contribution >= 4 is 69.6 Å². The third-order valence-electron chi connectivity index (χ3n) is 8.91. The lowest BCUT2D eigenvalue weighted by Crippen LogP contribution is -2.63. The molecular weight excluding hydrogens is 615 g/mol. The second kappa shape index (κ2) is 9.72. The molecule has 0 bridgehead atoms. The minimum absolute atomic E-state index is 0.0756. The summed E-state index contributed by atoms with van der Waals surface area (Å²) in [6.45, 7) is 0.151. The molecule has 4 aromatic rings. The van der Waals surface area contributed by atoms with Gasteiger partial charge in [-0.1, -0.05) is 59.6 Å². The lowest BCUT2D eigenvalue weighted by Gasteiger charge is -2.46. The number of fused-ring (bicyclic) bond motifs is 6. The van der Waals surface area contributed by atoms with Crippen molar-refractivity contribution in [1.29, 1.82) is 0 Å². The number of amides is 4. The van der Waals surface area contributed by atoms with Gasteiger partial charge in [-0.05, 0) is 55.0 Å². The molecule has 0 radical (unpaired) electrons. The zero-order valence-corrected chi connectivity index (χ0v) is 25.0. The second-order valence-electron chi connectivity index (χ2n) is 11.3. The zero-order valence-electron chi connectivity index (χ0n) is 23.5. The van der Waals surface area contributed by atoms with E-state index >= 15 is 0 Å². The van der Waals surface area contributed by atoms with Crippen LogP contribution >= 0.6 is 23.2 Å². The summed E-state index contributed by atoms with van der Waals surface area (Å²) >= 11 is 12.6. The fourth-order valence-corrected chi connectivity index (χ4v) is 7.27. The molecule has 8 rings (SSSR count). The number of anilines is 4. The second-order valence-corrected chi connectivity index (χ2v) is 12.2. The average Bonchev–Trinajstić information content (AvgIpc) is 3.46. The van der Waals surface area contributed by atoms with E-state index in [1.807, 2.05) is 12.1 Å². The molecule has 2 atom stereocenters. The fraction of sp³-hybridized carbons (Fsp3) is 0.152. The first-order valence-electron chi connectivity index (χ1n) is 14.4. The maximum absolute atomic E-state index is 14.1. The number of carbonyl (C=O) groups is 4. The summed E-state index contributed by atoms with van der Waals surface area (Å²) in [7, 11) is 0. The van der Waals surface area contributed by atoms with Gasteiger partial charge in [0, 0.05) is 45.6 Å². The number of benzene rings is 4. The maximum atomic E-state index is 14.1. The van der Waals surface area contributed by atoms with Crippen molar-refractivity contribution in [2.45, 2.75) is 17.7 Å². The van der Waals surface area contributed by atoms with Gasteiger partial charge in [-0.2, -0.15) is 0 Å². The van der Waals surface area contributed by atoms with Crippen molar-refractivity contribution in [3.8, 4) is 0 Å².